The predicted octanol–water partition coefficient (Wildman–Crippen LogP) is 0.794. The van der Waals surface area contributed by atoms with Gasteiger partial charge in [-0.05, 0) is 19.1 Å². The summed E-state index contributed by atoms with van der Waals surface area (Å²) in [5.41, 5.74) is 0.209. The minimum absolute atomic E-state index is 0.209. The van der Waals surface area contributed by atoms with Crippen molar-refractivity contribution in [2.45, 2.75) is 13.3 Å². The first-order valence-corrected chi connectivity index (χ1v) is 5.59. The Morgan fingerprint density at radius 1 is 1.44 bits per heavy atom. The number of nitrogens with one attached hydrogen (secondary N) is 1. The summed E-state index contributed by atoms with van der Waals surface area (Å²) >= 11 is 5.57. The third kappa shape index (κ3) is 3.24. The smallest absolute Gasteiger partial charge is 0.271 e. The number of nitrogens with zero attached hydrogens (tertiary/aromatic N) is 4. The standard InChI is InChI=1S/C10H10ClN5O2/c1-6-13-9(18-16-6)4-5-12-10(17)7-2-3-8(11)15-14-7/h2-3H,4-5H2,1H3,(H,12,17). The van der Waals surface area contributed by atoms with E-state index in [0.29, 0.717) is 24.7 Å². The fraction of sp³-hybridized carbons (Fsp3) is 0.300. The second-order valence-electron chi connectivity index (χ2n) is 3.48. The molecule has 0 bridgehead atoms. The van der Waals surface area contributed by atoms with Crippen LogP contribution < -0.4 is 5.32 Å². The summed E-state index contributed by atoms with van der Waals surface area (Å²) in [6.07, 6.45) is 0.466. The van der Waals surface area contributed by atoms with Gasteiger partial charge in [0.25, 0.3) is 5.91 Å². The van der Waals surface area contributed by atoms with Crippen LogP contribution >= 0.6 is 11.6 Å². The summed E-state index contributed by atoms with van der Waals surface area (Å²) in [4.78, 5) is 15.6. The van der Waals surface area contributed by atoms with Crippen molar-refractivity contribution >= 4 is 17.5 Å². The molecule has 2 aromatic heterocycles. The quantitative estimate of drug-likeness (QED) is 0.880. The van der Waals surface area contributed by atoms with Gasteiger partial charge in [-0.3, -0.25) is 4.79 Å². The fourth-order valence-electron chi connectivity index (χ4n) is 1.25. The van der Waals surface area contributed by atoms with E-state index >= 15 is 0 Å². The van der Waals surface area contributed by atoms with Crippen molar-refractivity contribution in [3.05, 3.63) is 34.7 Å². The Morgan fingerprint density at radius 2 is 2.28 bits per heavy atom. The third-order valence-electron chi connectivity index (χ3n) is 2.06. The lowest BCUT2D eigenvalue weighted by Gasteiger charge is -2.01. The molecule has 0 aliphatic rings. The number of halogens is 1. The minimum Gasteiger partial charge on any atom is -0.350 e. The van der Waals surface area contributed by atoms with Crippen molar-refractivity contribution < 1.29 is 9.32 Å². The maximum absolute atomic E-state index is 11.6. The van der Waals surface area contributed by atoms with E-state index in [2.05, 4.69) is 25.7 Å². The molecule has 0 aromatic carbocycles. The molecule has 18 heavy (non-hydrogen) atoms. The number of rotatable bonds is 4. The maximum Gasteiger partial charge on any atom is 0.271 e. The van der Waals surface area contributed by atoms with E-state index in [4.69, 9.17) is 16.1 Å². The zero-order valence-electron chi connectivity index (χ0n) is 9.55. The lowest BCUT2D eigenvalue weighted by molar-refractivity contribution is 0.0947. The molecule has 1 amide bonds. The Bertz CT molecular complexity index is 539. The zero-order chi connectivity index (χ0) is 13.0. The molecular formula is C10H10ClN5O2. The SMILES string of the molecule is Cc1noc(CCNC(=O)c2ccc(Cl)nn2)n1. The first-order valence-electron chi connectivity index (χ1n) is 5.22. The van der Waals surface area contributed by atoms with Crippen LogP contribution in [0, 0.1) is 6.92 Å². The molecule has 0 saturated heterocycles. The van der Waals surface area contributed by atoms with Crippen LogP contribution in [-0.4, -0.2) is 32.8 Å². The van der Waals surface area contributed by atoms with Crippen molar-refractivity contribution in [2.24, 2.45) is 0 Å². The Hall–Kier alpha value is -2.02. The monoisotopic (exact) mass is 267 g/mol. The molecule has 2 heterocycles. The fourth-order valence-corrected chi connectivity index (χ4v) is 1.35. The van der Waals surface area contributed by atoms with E-state index in [1.807, 2.05) is 0 Å². The highest BCUT2D eigenvalue weighted by Gasteiger charge is 2.08. The van der Waals surface area contributed by atoms with Gasteiger partial charge in [-0.15, -0.1) is 10.2 Å². The van der Waals surface area contributed by atoms with E-state index in [-0.39, 0.29) is 16.8 Å². The largest absolute Gasteiger partial charge is 0.350 e. The molecule has 94 valence electrons. The van der Waals surface area contributed by atoms with Crippen molar-refractivity contribution in [1.82, 2.24) is 25.7 Å². The van der Waals surface area contributed by atoms with E-state index < -0.39 is 0 Å². The van der Waals surface area contributed by atoms with Crippen molar-refractivity contribution in [1.29, 1.82) is 0 Å². The number of aromatic nitrogens is 4. The van der Waals surface area contributed by atoms with Gasteiger partial charge in [0.1, 0.15) is 0 Å². The lowest BCUT2D eigenvalue weighted by Crippen LogP contribution is -2.26. The first-order chi connectivity index (χ1) is 8.65. The van der Waals surface area contributed by atoms with Gasteiger partial charge in [0.15, 0.2) is 16.7 Å². The molecule has 2 aromatic rings. The van der Waals surface area contributed by atoms with Gasteiger partial charge < -0.3 is 9.84 Å². The summed E-state index contributed by atoms with van der Waals surface area (Å²) in [6, 6.07) is 3.01. The summed E-state index contributed by atoms with van der Waals surface area (Å²) in [5.74, 6) is 0.727. The van der Waals surface area contributed by atoms with Gasteiger partial charge >= 0.3 is 0 Å². The molecule has 0 unspecified atom stereocenters. The highest BCUT2D eigenvalue weighted by molar-refractivity contribution is 6.29. The van der Waals surface area contributed by atoms with Crippen LogP contribution in [-0.2, 0) is 6.42 Å². The average Bonchev–Trinajstić information content (AvgIpc) is 2.76. The van der Waals surface area contributed by atoms with Crippen molar-refractivity contribution in [3.8, 4) is 0 Å². The third-order valence-corrected chi connectivity index (χ3v) is 2.26. The molecular weight excluding hydrogens is 258 g/mol. The lowest BCUT2D eigenvalue weighted by atomic mass is 10.3. The van der Waals surface area contributed by atoms with E-state index in [1.54, 1.807) is 6.92 Å². The summed E-state index contributed by atoms with van der Waals surface area (Å²) < 4.78 is 4.91. The van der Waals surface area contributed by atoms with Crippen LogP contribution in [0.15, 0.2) is 16.7 Å². The molecule has 2 rings (SSSR count). The van der Waals surface area contributed by atoms with Gasteiger partial charge in [-0.2, -0.15) is 4.98 Å². The van der Waals surface area contributed by atoms with Crippen LogP contribution in [0.5, 0.6) is 0 Å². The van der Waals surface area contributed by atoms with Crippen LogP contribution in [0.2, 0.25) is 5.15 Å². The van der Waals surface area contributed by atoms with Crippen LogP contribution in [0.1, 0.15) is 22.2 Å². The molecule has 0 atom stereocenters. The molecule has 1 N–H and O–H groups in total. The summed E-state index contributed by atoms with van der Waals surface area (Å²) in [7, 11) is 0. The molecule has 0 spiro atoms. The highest BCUT2D eigenvalue weighted by atomic mass is 35.5. The Kier molecular flexibility index (Phi) is 3.83. The number of aryl methyl sites for hydroxylation is 1. The number of hydrogen-bond acceptors (Lipinski definition) is 6. The van der Waals surface area contributed by atoms with Gasteiger partial charge in [0.2, 0.25) is 5.89 Å². The van der Waals surface area contributed by atoms with Crippen LogP contribution in [0.25, 0.3) is 0 Å². The second-order valence-corrected chi connectivity index (χ2v) is 3.87. The minimum atomic E-state index is -0.324. The molecule has 0 aliphatic carbocycles. The van der Waals surface area contributed by atoms with Gasteiger partial charge in [0, 0.05) is 13.0 Å². The molecule has 0 fully saturated rings. The topological polar surface area (TPSA) is 93.8 Å². The highest BCUT2D eigenvalue weighted by Crippen LogP contribution is 2.02. The molecule has 0 radical (unpaired) electrons. The van der Waals surface area contributed by atoms with E-state index in [0.717, 1.165) is 0 Å². The van der Waals surface area contributed by atoms with Crippen LogP contribution in [0.3, 0.4) is 0 Å². The predicted molar refractivity (Wildman–Crippen MR) is 62.1 cm³/mol. The van der Waals surface area contributed by atoms with Crippen LogP contribution in [0.4, 0.5) is 0 Å². The molecule has 7 nitrogen and oxygen atoms in total. The van der Waals surface area contributed by atoms with Gasteiger partial charge in [0.05, 0.1) is 0 Å². The molecule has 0 aliphatic heterocycles. The number of carbonyl (C=O) groups excluding carboxylic acids is 1. The Morgan fingerprint density at radius 3 is 2.89 bits per heavy atom. The zero-order valence-corrected chi connectivity index (χ0v) is 10.3. The maximum atomic E-state index is 11.6. The number of carbonyl (C=O) groups is 1. The number of amides is 1. The molecule has 0 saturated carbocycles. The second kappa shape index (κ2) is 5.54. The van der Waals surface area contributed by atoms with E-state index in [9.17, 15) is 4.79 Å². The Labute approximate surface area is 108 Å². The summed E-state index contributed by atoms with van der Waals surface area (Å²) in [6.45, 7) is 2.11. The van der Waals surface area contributed by atoms with E-state index in [1.165, 1.54) is 12.1 Å². The number of hydrogen-bond donors (Lipinski definition) is 1. The van der Waals surface area contributed by atoms with Crippen molar-refractivity contribution in [3.63, 3.8) is 0 Å². The normalized spacial score (nSPS) is 10.3. The summed E-state index contributed by atoms with van der Waals surface area (Å²) in [5, 5.41) is 13.8. The van der Waals surface area contributed by atoms with Crippen molar-refractivity contribution in [2.75, 3.05) is 6.54 Å². The molecule has 8 heteroatoms. The van der Waals surface area contributed by atoms with Gasteiger partial charge in [-0.1, -0.05) is 16.8 Å². The average molecular weight is 268 g/mol. The Balaban J connectivity index is 1.83. The van der Waals surface area contributed by atoms with Gasteiger partial charge in [-0.25, -0.2) is 0 Å². The first kappa shape index (κ1) is 12.4.